The van der Waals surface area contributed by atoms with E-state index in [2.05, 4.69) is 49.7 Å². The van der Waals surface area contributed by atoms with Crippen LogP contribution < -0.4 is 0 Å². The SMILES string of the molecule is CCCCCCc1ccc(C#Cc2ccc(C#Cc3ccc(CCCCCC)c(F)c3)c(F)c2)cc1. The average Bonchev–Trinajstić information content (AvgIpc) is 2.89. The molecule has 0 fully saturated rings. The highest BCUT2D eigenvalue weighted by Crippen LogP contribution is 2.15. The van der Waals surface area contributed by atoms with Gasteiger partial charge in [0.25, 0.3) is 0 Å². The molecule has 0 aromatic heterocycles. The van der Waals surface area contributed by atoms with E-state index in [9.17, 15) is 8.78 Å². The molecular formula is C34H36F2. The van der Waals surface area contributed by atoms with Crippen molar-refractivity contribution in [2.45, 2.75) is 78.1 Å². The number of hydrogen-bond donors (Lipinski definition) is 0. The van der Waals surface area contributed by atoms with Crippen LogP contribution >= 0.6 is 0 Å². The van der Waals surface area contributed by atoms with Gasteiger partial charge >= 0.3 is 0 Å². The van der Waals surface area contributed by atoms with Gasteiger partial charge in [0.05, 0.1) is 5.56 Å². The van der Waals surface area contributed by atoms with Gasteiger partial charge in [0.1, 0.15) is 11.6 Å². The lowest BCUT2D eigenvalue weighted by Gasteiger charge is -2.03. The quantitative estimate of drug-likeness (QED) is 0.200. The first-order valence-corrected chi connectivity index (χ1v) is 13.3. The molecule has 0 nitrogen and oxygen atoms in total. The van der Waals surface area contributed by atoms with Crippen molar-refractivity contribution >= 4 is 0 Å². The molecule has 0 aliphatic heterocycles. The largest absolute Gasteiger partial charge is 0.207 e. The van der Waals surface area contributed by atoms with Crippen molar-refractivity contribution in [1.29, 1.82) is 0 Å². The summed E-state index contributed by atoms with van der Waals surface area (Å²) < 4.78 is 29.0. The Bertz CT molecular complexity index is 1230. The van der Waals surface area contributed by atoms with Gasteiger partial charge in [0.15, 0.2) is 0 Å². The van der Waals surface area contributed by atoms with Gasteiger partial charge in [0, 0.05) is 16.7 Å². The highest BCUT2D eigenvalue weighted by Gasteiger charge is 2.04. The summed E-state index contributed by atoms with van der Waals surface area (Å²) in [6.07, 6.45) is 11.3. The first-order chi connectivity index (χ1) is 17.6. The maximum atomic E-state index is 14.6. The van der Waals surface area contributed by atoms with E-state index in [4.69, 9.17) is 0 Å². The molecular weight excluding hydrogens is 446 g/mol. The minimum absolute atomic E-state index is 0.242. The normalized spacial score (nSPS) is 10.3. The molecule has 36 heavy (non-hydrogen) atoms. The summed E-state index contributed by atoms with van der Waals surface area (Å²) in [5.41, 5.74) is 4.37. The van der Waals surface area contributed by atoms with Gasteiger partial charge in [-0.25, -0.2) is 8.78 Å². The van der Waals surface area contributed by atoms with Crippen LogP contribution in [0.4, 0.5) is 8.78 Å². The molecule has 186 valence electrons. The monoisotopic (exact) mass is 482 g/mol. The Morgan fingerprint density at radius 1 is 0.528 bits per heavy atom. The highest BCUT2D eigenvalue weighted by atomic mass is 19.1. The minimum Gasteiger partial charge on any atom is -0.207 e. The Kier molecular flexibility index (Phi) is 11.3. The summed E-state index contributed by atoms with van der Waals surface area (Å²) in [7, 11) is 0. The van der Waals surface area contributed by atoms with E-state index in [1.54, 1.807) is 24.3 Å². The van der Waals surface area contributed by atoms with Gasteiger partial charge in [-0.05, 0) is 79.3 Å². The predicted molar refractivity (Wildman–Crippen MR) is 147 cm³/mol. The maximum absolute atomic E-state index is 14.6. The van der Waals surface area contributed by atoms with Gasteiger partial charge in [-0.1, -0.05) is 94.3 Å². The van der Waals surface area contributed by atoms with Gasteiger partial charge in [0.2, 0.25) is 0 Å². The molecule has 0 radical (unpaired) electrons. The Morgan fingerprint density at radius 3 is 1.72 bits per heavy atom. The van der Waals surface area contributed by atoms with E-state index < -0.39 is 5.82 Å². The van der Waals surface area contributed by atoms with E-state index in [1.165, 1.54) is 49.8 Å². The van der Waals surface area contributed by atoms with Crippen LogP contribution in [0.15, 0.2) is 60.7 Å². The molecule has 3 aromatic rings. The zero-order chi connectivity index (χ0) is 25.6. The molecule has 0 saturated carbocycles. The molecule has 3 rings (SSSR count). The summed E-state index contributed by atoms with van der Waals surface area (Å²) in [4.78, 5) is 0. The molecule has 0 atom stereocenters. The van der Waals surface area contributed by atoms with Crippen LogP contribution in [0.25, 0.3) is 0 Å². The zero-order valence-corrected chi connectivity index (χ0v) is 21.6. The fourth-order valence-electron chi connectivity index (χ4n) is 4.06. The molecule has 2 heteroatoms. The van der Waals surface area contributed by atoms with Crippen molar-refractivity contribution < 1.29 is 8.78 Å². The standard InChI is InChI=1S/C34H36F2/c1-3-5-7-9-11-27-13-15-28(16-14-27)17-18-29-20-23-32(34(36)25-29)24-21-30-19-22-31(33(35)26-30)12-10-8-6-4-2/h13-16,19-20,22-23,25-26H,3-12H2,1-2H3. The van der Waals surface area contributed by atoms with Crippen molar-refractivity contribution in [3.63, 3.8) is 0 Å². The lowest BCUT2D eigenvalue weighted by atomic mass is 10.0. The Hall–Kier alpha value is -3.36. The minimum atomic E-state index is -0.426. The molecule has 0 saturated heterocycles. The van der Waals surface area contributed by atoms with Crippen LogP contribution in [-0.2, 0) is 12.8 Å². The molecule has 0 spiro atoms. The van der Waals surface area contributed by atoms with Crippen molar-refractivity contribution in [2.24, 2.45) is 0 Å². The first-order valence-electron chi connectivity index (χ1n) is 13.3. The van der Waals surface area contributed by atoms with Crippen molar-refractivity contribution in [3.8, 4) is 23.7 Å². The molecule has 0 unspecified atom stereocenters. The van der Waals surface area contributed by atoms with Crippen LogP contribution in [0, 0.1) is 35.3 Å². The molecule has 0 bridgehead atoms. The third-order valence-electron chi connectivity index (χ3n) is 6.29. The van der Waals surface area contributed by atoms with Gasteiger partial charge in [-0.3, -0.25) is 0 Å². The summed E-state index contributed by atoms with van der Waals surface area (Å²) in [6, 6.07) is 18.1. The van der Waals surface area contributed by atoms with E-state index in [1.807, 2.05) is 12.1 Å². The van der Waals surface area contributed by atoms with Crippen LogP contribution in [0.5, 0.6) is 0 Å². The number of benzene rings is 3. The van der Waals surface area contributed by atoms with Crippen LogP contribution in [0.1, 0.15) is 98.6 Å². The summed E-state index contributed by atoms with van der Waals surface area (Å²) in [5, 5.41) is 0. The average molecular weight is 483 g/mol. The first kappa shape index (κ1) is 27.2. The van der Waals surface area contributed by atoms with Gasteiger partial charge in [-0.2, -0.15) is 0 Å². The fraction of sp³-hybridized carbons (Fsp3) is 0.353. The molecule has 0 aliphatic carbocycles. The molecule has 0 heterocycles. The lowest BCUT2D eigenvalue weighted by Crippen LogP contribution is -1.92. The second kappa shape index (κ2) is 14.9. The smallest absolute Gasteiger partial charge is 0.140 e. The van der Waals surface area contributed by atoms with Crippen LogP contribution in [-0.4, -0.2) is 0 Å². The van der Waals surface area contributed by atoms with Crippen LogP contribution in [0.3, 0.4) is 0 Å². The molecule has 0 amide bonds. The van der Waals surface area contributed by atoms with E-state index in [-0.39, 0.29) is 11.4 Å². The Balaban J connectivity index is 1.60. The summed E-state index contributed by atoms with van der Waals surface area (Å²) in [5.74, 6) is 11.2. The van der Waals surface area contributed by atoms with Gasteiger partial charge < -0.3 is 0 Å². The molecule has 3 aromatic carbocycles. The summed E-state index contributed by atoms with van der Waals surface area (Å²) in [6.45, 7) is 4.38. The number of rotatable bonds is 10. The number of unbranched alkanes of at least 4 members (excludes halogenated alkanes) is 6. The third-order valence-corrected chi connectivity index (χ3v) is 6.29. The highest BCUT2D eigenvalue weighted by molar-refractivity contribution is 5.49. The van der Waals surface area contributed by atoms with E-state index in [0.29, 0.717) is 16.7 Å². The second-order valence-electron chi connectivity index (χ2n) is 9.32. The van der Waals surface area contributed by atoms with Crippen molar-refractivity contribution in [2.75, 3.05) is 0 Å². The third kappa shape index (κ3) is 9.02. The van der Waals surface area contributed by atoms with Gasteiger partial charge in [-0.15, -0.1) is 0 Å². The van der Waals surface area contributed by atoms with Crippen LogP contribution in [0.2, 0.25) is 0 Å². The fourth-order valence-corrected chi connectivity index (χ4v) is 4.06. The number of halogens is 2. The Labute approximate surface area is 216 Å². The number of aryl methyl sites for hydroxylation is 2. The number of hydrogen-bond acceptors (Lipinski definition) is 0. The second-order valence-corrected chi connectivity index (χ2v) is 9.32. The predicted octanol–water partition coefficient (Wildman–Crippen LogP) is 9.01. The van der Waals surface area contributed by atoms with E-state index >= 15 is 0 Å². The molecule has 0 aliphatic rings. The Morgan fingerprint density at radius 2 is 1.08 bits per heavy atom. The topological polar surface area (TPSA) is 0 Å². The van der Waals surface area contributed by atoms with Crippen molar-refractivity contribution in [1.82, 2.24) is 0 Å². The maximum Gasteiger partial charge on any atom is 0.140 e. The lowest BCUT2D eigenvalue weighted by molar-refractivity contribution is 0.593. The molecule has 0 N–H and O–H groups in total. The van der Waals surface area contributed by atoms with Crippen molar-refractivity contribution in [3.05, 3.63) is 106 Å². The van der Waals surface area contributed by atoms with E-state index in [0.717, 1.165) is 37.7 Å². The summed E-state index contributed by atoms with van der Waals surface area (Å²) >= 11 is 0. The zero-order valence-electron chi connectivity index (χ0n) is 21.6.